The molecule has 0 spiro atoms. The van der Waals surface area contributed by atoms with E-state index in [1.54, 1.807) is 11.9 Å². The summed E-state index contributed by atoms with van der Waals surface area (Å²) < 4.78 is 3.93. The zero-order valence-corrected chi connectivity index (χ0v) is 6.36. The zero-order valence-electron chi connectivity index (χ0n) is 5.55. The van der Waals surface area contributed by atoms with Gasteiger partial charge in [0.05, 0.1) is 6.54 Å². The fraction of sp³-hybridized carbons (Fsp3) is 1.00. The molecular formula is C6H12N2S. The molecule has 0 aliphatic carbocycles. The van der Waals surface area contributed by atoms with Crippen molar-refractivity contribution in [3.63, 3.8) is 0 Å². The summed E-state index contributed by atoms with van der Waals surface area (Å²) in [5, 5.41) is 3.98. The topological polar surface area (TPSA) is 24.7 Å². The zero-order chi connectivity index (χ0) is 6.36. The Morgan fingerprint density at radius 1 is 1.00 bits per heavy atom. The van der Waals surface area contributed by atoms with Crippen molar-refractivity contribution in [2.75, 3.05) is 12.3 Å². The lowest BCUT2D eigenvalue weighted by Crippen LogP contribution is -1.80. The number of nitrogens with zero attached hydrogens (tertiary/aromatic N) is 2. The molecule has 0 aromatic carbocycles. The Hall–Kier alpha value is -0.0500. The Kier molecular flexibility index (Phi) is 3.76. The van der Waals surface area contributed by atoms with Crippen LogP contribution in [0.4, 0.5) is 0 Å². The van der Waals surface area contributed by atoms with Crippen LogP contribution in [0.5, 0.6) is 0 Å². The van der Waals surface area contributed by atoms with Crippen molar-refractivity contribution in [3.05, 3.63) is 0 Å². The minimum atomic E-state index is 0.938. The molecule has 1 heterocycles. The van der Waals surface area contributed by atoms with Gasteiger partial charge in [-0.1, -0.05) is 12.8 Å². The van der Waals surface area contributed by atoms with Crippen molar-refractivity contribution in [2.24, 2.45) is 9.63 Å². The van der Waals surface area contributed by atoms with Crippen LogP contribution in [0.3, 0.4) is 0 Å². The summed E-state index contributed by atoms with van der Waals surface area (Å²) in [6.07, 6.45) is 5.23. The van der Waals surface area contributed by atoms with E-state index in [4.69, 9.17) is 0 Å². The van der Waals surface area contributed by atoms with E-state index in [1.807, 2.05) is 0 Å². The first-order chi connectivity index (χ1) is 4.50. The molecule has 0 amide bonds. The summed E-state index contributed by atoms with van der Waals surface area (Å²) in [5.74, 6) is 1.16. The van der Waals surface area contributed by atoms with E-state index in [0.29, 0.717) is 0 Å². The van der Waals surface area contributed by atoms with Crippen LogP contribution in [-0.4, -0.2) is 12.3 Å². The molecule has 1 aliphatic rings. The van der Waals surface area contributed by atoms with E-state index >= 15 is 0 Å². The normalized spacial score (nSPS) is 22.2. The van der Waals surface area contributed by atoms with Gasteiger partial charge < -0.3 is 0 Å². The second-order valence-electron chi connectivity index (χ2n) is 2.19. The Bertz CT molecular complexity index is 83.1. The second-order valence-corrected chi connectivity index (χ2v) is 3.02. The summed E-state index contributed by atoms with van der Waals surface area (Å²) in [6.45, 7) is 0.938. The van der Waals surface area contributed by atoms with Crippen LogP contribution >= 0.6 is 11.9 Å². The minimum Gasteiger partial charge on any atom is -0.182 e. The molecule has 52 valence electrons. The highest BCUT2D eigenvalue weighted by Gasteiger charge is 1.92. The number of rotatable bonds is 0. The average Bonchev–Trinajstić information content (AvgIpc) is 2.00. The molecule has 0 bridgehead atoms. The molecule has 3 heteroatoms. The third-order valence-electron chi connectivity index (χ3n) is 1.36. The van der Waals surface area contributed by atoms with Crippen molar-refractivity contribution in [2.45, 2.75) is 25.7 Å². The van der Waals surface area contributed by atoms with Crippen LogP contribution in [0.25, 0.3) is 0 Å². The number of hydrogen-bond acceptors (Lipinski definition) is 3. The molecular weight excluding hydrogens is 132 g/mol. The third kappa shape index (κ3) is 3.51. The van der Waals surface area contributed by atoms with Gasteiger partial charge in [-0.15, -0.1) is 4.52 Å². The van der Waals surface area contributed by atoms with Gasteiger partial charge in [0.2, 0.25) is 0 Å². The molecule has 0 N–H and O–H groups in total. The lowest BCUT2D eigenvalue weighted by atomic mass is 10.2. The first-order valence-corrected chi connectivity index (χ1v) is 4.43. The lowest BCUT2D eigenvalue weighted by Gasteiger charge is -1.91. The fourth-order valence-electron chi connectivity index (χ4n) is 0.825. The standard InChI is InChI=1S/C6H12N2S/c1-2-4-6-9-8-7-5-3-1/h1-6H2. The predicted molar refractivity (Wildman–Crippen MR) is 40.6 cm³/mol. The molecule has 2 nitrogen and oxygen atoms in total. The molecule has 0 fully saturated rings. The van der Waals surface area contributed by atoms with Gasteiger partial charge in [0, 0.05) is 5.75 Å². The van der Waals surface area contributed by atoms with E-state index < -0.39 is 0 Å². The molecule has 9 heavy (non-hydrogen) atoms. The Balaban J connectivity index is 2.15. The quantitative estimate of drug-likeness (QED) is 0.480. The molecule has 0 saturated heterocycles. The van der Waals surface area contributed by atoms with E-state index in [-0.39, 0.29) is 0 Å². The van der Waals surface area contributed by atoms with Crippen LogP contribution in [0, 0.1) is 0 Å². The second kappa shape index (κ2) is 4.79. The average molecular weight is 144 g/mol. The molecule has 0 atom stereocenters. The Morgan fingerprint density at radius 3 is 2.89 bits per heavy atom. The predicted octanol–water partition coefficient (Wildman–Crippen LogP) is 2.66. The van der Waals surface area contributed by atoms with Crippen molar-refractivity contribution in [3.8, 4) is 0 Å². The van der Waals surface area contributed by atoms with Crippen LogP contribution in [0.2, 0.25) is 0 Å². The Labute approximate surface area is 60.3 Å². The summed E-state index contributed by atoms with van der Waals surface area (Å²) in [5.41, 5.74) is 0. The molecule has 0 aromatic heterocycles. The van der Waals surface area contributed by atoms with Crippen LogP contribution < -0.4 is 0 Å². The highest BCUT2D eigenvalue weighted by atomic mass is 32.2. The maximum Gasteiger partial charge on any atom is 0.0609 e. The summed E-state index contributed by atoms with van der Waals surface area (Å²) in [6, 6.07) is 0. The van der Waals surface area contributed by atoms with Crippen molar-refractivity contribution in [1.82, 2.24) is 0 Å². The van der Waals surface area contributed by atoms with Gasteiger partial charge in [-0.25, -0.2) is 0 Å². The van der Waals surface area contributed by atoms with Crippen LogP contribution in [-0.2, 0) is 0 Å². The summed E-state index contributed by atoms with van der Waals surface area (Å²) in [7, 11) is 0. The smallest absolute Gasteiger partial charge is 0.0609 e. The summed E-state index contributed by atoms with van der Waals surface area (Å²) in [4.78, 5) is 0. The van der Waals surface area contributed by atoms with Crippen LogP contribution in [0.1, 0.15) is 25.7 Å². The van der Waals surface area contributed by atoms with Gasteiger partial charge in [-0.3, -0.25) is 0 Å². The maximum absolute atomic E-state index is 3.98. The number of hydrogen-bond donors (Lipinski definition) is 0. The SMILES string of the molecule is C1CCCSN=NCC1. The lowest BCUT2D eigenvalue weighted by molar-refractivity contribution is 0.677. The van der Waals surface area contributed by atoms with E-state index in [1.165, 1.54) is 25.7 Å². The van der Waals surface area contributed by atoms with Gasteiger partial charge >= 0.3 is 0 Å². The minimum absolute atomic E-state index is 0.938. The molecule has 0 aromatic rings. The van der Waals surface area contributed by atoms with Gasteiger partial charge in [0.1, 0.15) is 0 Å². The van der Waals surface area contributed by atoms with Crippen molar-refractivity contribution in [1.29, 1.82) is 0 Å². The van der Waals surface area contributed by atoms with Crippen molar-refractivity contribution >= 4 is 11.9 Å². The molecule has 0 saturated carbocycles. The van der Waals surface area contributed by atoms with Gasteiger partial charge in [0.25, 0.3) is 0 Å². The molecule has 1 rings (SSSR count). The molecule has 0 unspecified atom stereocenters. The summed E-state index contributed by atoms with van der Waals surface area (Å²) >= 11 is 1.60. The fourth-order valence-corrected chi connectivity index (χ4v) is 1.40. The van der Waals surface area contributed by atoms with Gasteiger partial charge in [-0.2, -0.15) is 5.11 Å². The molecule has 0 radical (unpaired) electrons. The molecule has 1 aliphatic heterocycles. The first-order valence-electron chi connectivity index (χ1n) is 3.49. The van der Waals surface area contributed by atoms with E-state index in [0.717, 1.165) is 12.3 Å². The third-order valence-corrected chi connectivity index (χ3v) is 2.06. The van der Waals surface area contributed by atoms with Crippen LogP contribution in [0.15, 0.2) is 9.63 Å². The Morgan fingerprint density at radius 2 is 1.89 bits per heavy atom. The van der Waals surface area contributed by atoms with Gasteiger partial charge in [-0.05, 0) is 24.8 Å². The monoisotopic (exact) mass is 144 g/mol. The van der Waals surface area contributed by atoms with E-state index in [9.17, 15) is 0 Å². The van der Waals surface area contributed by atoms with Crippen molar-refractivity contribution < 1.29 is 0 Å². The largest absolute Gasteiger partial charge is 0.182 e. The highest BCUT2D eigenvalue weighted by Crippen LogP contribution is 2.11. The highest BCUT2D eigenvalue weighted by molar-refractivity contribution is 7.97. The first kappa shape index (κ1) is 7.06. The maximum atomic E-state index is 3.98. The van der Waals surface area contributed by atoms with E-state index in [2.05, 4.69) is 9.63 Å². The van der Waals surface area contributed by atoms with Gasteiger partial charge in [0.15, 0.2) is 0 Å².